The lowest BCUT2D eigenvalue weighted by atomic mass is 9.96. The number of para-hydroxylation sites is 1. The minimum Gasteiger partial charge on any atom is -0.314 e. The SMILES string of the molecule is C=C/C=C\C=C(/C)N(c1ccc(-c2ccc(-c3cccc(-c4ccc(-c5ccc(N(c6ccccc6)c6cccc7ccccc67)cc5)cc4)c3)cc2)cc1)c1cccc2ccccc12. The molecule has 10 aromatic rings. The van der Waals surface area contributed by atoms with Gasteiger partial charge in [-0.1, -0.05) is 207 Å². The lowest BCUT2D eigenvalue weighted by molar-refractivity contribution is 1.16. The van der Waals surface area contributed by atoms with Gasteiger partial charge in [-0.2, -0.15) is 0 Å². The summed E-state index contributed by atoms with van der Waals surface area (Å²) < 4.78 is 0. The van der Waals surface area contributed by atoms with E-state index in [0.29, 0.717) is 0 Å². The molecular weight excluding hydrogens is 785 g/mol. The Kier molecular flexibility index (Phi) is 11.5. The van der Waals surface area contributed by atoms with Crippen LogP contribution in [0.5, 0.6) is 0 Å². The highest BCUT2D eigenvalue weighted by molar-refractivity contribution is 5.99. The monoisotopic (exact) mass is 832 g/mol. The molecular formula is C63H48N2. The van der Waals surface area contributed by atoms with Crippen LogP contribution in [-0.2, 0) is 0 Å². The molecule has 2 nitrogen and oxygen atoms in total. The Hall–Kier alpha value is -8.46. The molecule has 0 amide bonds. The molecule has 0 heterocycles. The average Bonchev–Trinajstić information content (AvgIpc) is 3.38. The van der Waals surface area contributed by atoms with Gasteiger partial charge in [0.25, 0.3) is 0 Å². The van der Waals surface area contributed by atoms with Crippen LogP contribution in [0.4, 0.5) is 28.4 Å². The Bertz CT molecular complexity index is 3300. The lowest BCUT2D eigenvalue weighted by Gasteiger charge is -2.27. The van der Waals surface area contributed by atoms with Crippen LogP contribution in [0.2, 0.25) is 0 Å². The summed E-state index contributed by atoms with van der Waals surface area (Å²) in [6.07, 6.45) is 7.93. The van der Waals surface area contributed by atoms with E-state index >= 15 is 0 Å². The van der Waals surface area contributed by atoms with Crippen LogP contribution >= 0.6 is 0 Å². The molecule has 0 bridgehead atoms. The van der Waals surface area contributed by atoms with Gasteiger partial charge < -0.3 is 9.80 Å². The number of allylic oxidation sites excluding steroid dienone is 5. The molecule has 2 heteroatoms. The molecule has 0 aliphatic carbocycles. The van der Waals surface area contributed by atoms with E-state index in [0.717, 1.165) is 34.1 Å². The molecule has 0 unspecified atom stereocenters. The summed E-state index contributed by atoms with van der Waals surface area (Å²) in [6.45, 7) is 5.99. The predicted molar refractivity (Wildman–Crippen MR) is 280 cm³/mol. The second-order valence-electron chi connectivity index (χ2n) is 16.3. The fourth-order valence-corrected chi connectivity index (χ4v) is 8.89. The molecule has 0 fully saturated rings. The first-order valence-corrected chi connectivity index (χ1v) is 22.2. The summed E-state index contributed by atoms with van der Waals surface area (Å²) in [5.74, 6) is 0. The molecule has 310 valence electrons. The van der Waals surface area contributed by atoms with Gasteiger partial charge in [0.2, 0.25) is 0 Å². The third-order valence-corrected chi connectivity index (χ3v) is 12.2. The standard InChI is InChI=1S/C63H48N2/c1-3-4-6-16-46(2)64(62-27-14-19-53-17-9-11-25-60(53)62)58-41-37-49(38-42-58)47-29-33-51(34-30-47)55-21-13-22-56(45-55)52-35-31-48(32-36-52)50-39-43-59(44-40-50)65(57-23-7-5-8-24-57)63-28-15-20-54-18-10-12-26-61(54)63/h3-45H,1H2,2H3/b6-4-,46-16+. The first kappa shape index (κ1) is 40.6. The van der Waals surface area contributed by atoms with Gasteiger partial charge in [-0.15, -0.1) is 0 Å². The molecule has 65 heavy (non-hydrogen) atoms. The molecule has 0 aliphatic rings. The first-order valence-electron chi connectivity index (χ1n) is 22.2. The van der Waals surface area contributed by atoms with Crippen molar-refractivity contribution in [1.29, 1.82) is 0 Å². The topological polar surface area (TPSA) is 6.48 Å². The van der Waals surface area contributed by atoms with E-state index < -0.39 is 0 Å². The van der Waals surface area contributed by atoms with Crippen LogP contribution in [0.1, 0.15) is 6.92 Å². The number of hydrogen-bond acceptors (Lipinski definition) is 2. The number of anilines is 5. The summed E-state index contributed by atoms with van der Waals surface area (Å²) >= 11 is 0. The molecule has 0 radical (unpaired) electrons. The lowest BCUT2D eigenvalue weighted by Crippen LogP contribution is -2.14. The van der Waals surface area contributed by atoms with Gasteiger partial charge in [-0.05, 0) is 123 Å². The van der Waals surface area contributed by atoms with Crippen molar-refractivity contribution in [3.8, 4) is 44.5 Å². The maximum absolute atomic E-state index is 3.84. The fourth-order valence-electron chi connectivity index (χ4n) is 8.89. The molecule has 0 saturated carbocycles. The Morgan fingerprint density at radius 1 is 0.354 bits per heavy atom. The van der Waals surface area contributed by atoms with Crippen molar-refractivity contribution in [3.05, 3.63) is 273 Å². The number of benzene rings is 10. The summed E-state index contributed by atoms with van der Waals surface area (Å²) in [4.78, 5) is 4.67. The number of fused-ring (bicyclic) bond motifs is 2. The van der Waals surface area contributed by atoms with Crippen molar-refractivity contribution in [2.75, 3.05) is 9.80 Å². The molecule has 10 rings (SSSR count). The van der Waals surface area contributed by atoms with Gasteiger partial charge in [0.15, 0.2) is 0 Å². The van der Waals surface area contributed by atoms with E-state index in [1.54, 1.807) is 6.08 Å². The fraction of sp³-hybridized carbons (Fsp3) is 0.0159. The molecule has 0 aliphatic heterocycles. The van der Waals surface area contributed by atoms with Crippen molar-refractivity contribution in [2.24, 2.45) is 0 Å². The van der Waals surface area contributed by atoms with Crippen LogP contribution in [0.15, 0.2) is 273 Å². The van der Waals surface area contributed by atoms with Crippen molar-refractivity contribution >= 4 is 50.0 Å². The van der Waals surface area contributed by atoms with Crippen molar-refractivity contribution < 1.29 is 0 Å². The quantitative estimate of drug-likeness (QED) is 0.113. The zero-order chi connectivity index (χ0) is 44.0. The van der Waals surface area contributed by atoms with E-state index in [-0.39, 0.29) is 0 Å². The third-order valence-electron chi connectivity index (χ3n) is 12.2. The van der Waals surface area contributed by atoms with E-state index in [4.69, 9.17) is 0 Å². The summed E-state index contributed by atoms with van der Waals surface area (Å²) in [5, 5.41) is 4.87. The Balaban J connectivity index is 0.864. The Morgan fingerprint density at radius 3 is 1.29 bits per heavy atom. The highest BCUT2D eigenvalue weighted by Gasteiger charge is 2.17. The average molecular weight is 833 g/mol. The maximum Gasteiger partial charge on any atom is 0.0540 e. The number of nitrogens with zero attached hydrogens (tertiary/aromatic N) is 2. The third kappa shape index (κ3) is 8.54. The van der Waals surface area contributed by atoms with Gasteiger partial charge in [-0.3, -0.25) is 0 Å². The van der Waals surface area contributed by atoms with Crippen LogP contribution in [0.25, 0.3) is 66.1 Å². The second kappa shape index (κ2) is 18.5. The van der Waals surface area contributed by atoms with Crippen LogP contribution in [-0.4, -0.2) is 0 Å². The van der Waals surface area contributed by atoms with E-state index in [2.05, 4.69) is 266 Å². The van der Waals surface area contributed by atoms with Crippen LogP contribution in [0, 0.1) is 0 Å². The minimum absolute atomic E-state index is 1.10. The van der Waals surface area contributed by atoms with E-state index in [1.807, 2.05) is 12.2 Å². The van der Waals surface area contributed by atoms with Crippen LogP contribution in [0.3, 0.4) is 0 Å². The van der Waals surface area contributed by atoms with E-state index in [9.17, 15) is 0 Å². The summed E-state index contributed by atoms with van der Waals surface area (Å²) in [5.41, 5.74) is 16.3. The second-order valence-corrected chi connectivity index (χ2v) is 16.3. The summed E-state index contributed by atoms with van der Waals surface area (Å²) in [7, 11) is 0. The Labute approximate surface area is 382 Å². The van der Waals surface area contributed by atoms with Gasteiger partial charge in [0.05, 0.1) is 11.4 Å². The minimum atomic E-state index is 1.10. The van der Waals surface area contributed by atoms with Crippen molar-refractivity contribution in [1.82, 2.24) is 0 Å². The normalized spacial score (nSPS) is 11.6. The number of rotatable bonds is 12. The smallest absolute Gasteiger partial charge is 0.0540 e. The highest BCUT2D eigenvalue weighted by Crippen LogP contribution is 2.40. The molecule has 0 N–H and O–H groups in total. The van der Waals surface area contributed by atoms with Gasteiger partial charge in [-0.25, -0.2) is 0 Å². The largest absolute Gasteiger partial charge is 0.314 e. The Morgan fingerprint density at radius 2 is 0.754 bits per heavy atom. The maximum atomic E-state index is 3.84. The van der Waals surface area contributed by atoms with E-state index in [1.165, 1.54) is 66.1 Å². The molecule has 0 aromatic heterocycles. The highest BCUT2D eigenvalue weighted by atomic mass is 15.1. The van der Waals surface area contributed by atoms with Crippen LogP contribution < -0.4 is 9.80 Å². The molecule has 10 aromatic carbocycles. The molecule has 0 saturated heterocycles. The first-order chi connectivity index (χ1) is 32.1. The van der Waals surface area contributed by atoms with Gasteiger partial charge in [0, 0.05) is 33.5 Å². The van der Waals surface area contributed by atoms with Gasteiger partial charge >= 0.3 is 0 Å². The predicted octanol–water partition coefficient (Wildman–Crippen LogP) is 17.9. The zero-order valence-corrected chi connectivity index (χ0v) is 36.4. The molecule has 0 spiro atoms. The number of hydrogen-bond donors (Lipinski definition) is 0. The molecule has 0 atom stereocenters. The summed E-state index contributed by atoms with van der Waals surface area (Å²) in [6, 6.07) is 85.3. The van der Waals surface area contributed by atoms with Crippen molar-refractivity contribution in [2.45, 2.75) is 6.92 Å². The van der Waals surface area contributed by atoms with Crippen molar-refractivity contribution in [3.63, 3.8) is 0 Å². The zero-order valence-electron chi connectivity index (χ0n) is 36.4. The van der Waals surface area contributed by atoms with Gasteiger partial charge in [0.1, 0.15) is 0 Å².